The van der Waals surface area contributed by atoms with Gasteiger partial charge in [0.2, 0.25) is 10.0 Å². The maximum atomic E-state index is 12.8. The van der Waals surface area contributed by atoms with E-state index in [1.807, 2.05) is 0 Å². The first-order chi connectivity index (χ1) is 11.1. The fourth-order valence-corrected chi connectivity index (χ4v) is 4.75. The van der Waals surface area contributed by atoms with Crippen molar-refractivity contribution in [1.29, 1.82) is 0 Å². The van der Waals surface area contributed by atoms with Crippen LogP contribution in [-0.2, 0) is 10.0 Å². The van der Waals surface area contributed by atoms with Crippen molar-refractivity contribution in [3.05, 3.63) is 36.5 Å². The van der Waals surface area contributed by atoms with Crippen LogP contribution < -0.4 is 10.5 Å². The second kappa shape index (κ2) is 6.82. The highest BCUT2D eigenvalue weighted by Gasteiger charge is 2.29. The SMILES string of the molecule is NCC(NS(=O)(=O)c1ccccc1-c1ccno1)C1CCCC1. The highest BCUT2D eigenvalue weighted by molar-refractivity contribution is 7.89. The predicted octanol–water partition coefficient (Wildman–Crippen LogP) is 2.14. The highest BCUT2D eigenvalue weighted by Crippen LogP contribution is 2.30. The molecule has 0 saturated heterocycles. The number of aromatic nitrogens is 1. The Balaban J connectivity index is 1.91. The van der Waals surface area contributed by atoms with Gasteiger partial charge in [0, 0.05) is 24.2 Å². The second-order valence-corrected chi connectivity index (χ2v) is 7.56. The third kappa shape index (κ3) is 3.46. The third-order valence-corrected chi connectivity index (χ3v) is 5.96. The Morgan fingerprint density at radius 2 is 2.00 bits per heavy atom. The van der Waals surface area contributed by atoms with Crippen LogP contribution in [0.15, 0.2) is 45.9 Å². The highest BCUT2D eigenvalue weighted by atomic mass is 32.2. The van der Waals surface area contributed by atoms with Crippen molar-refractivity contribution in [3.63, 3.8) is 0 Å². The Kier molecular flexibility index (Phi) is 4.79. The lowest BCUT2D eigenvalue weighted by atomic mass is 9.99. The summed E-state index contributed by atoms with van der Waals surface area (Å²) in [4.78, 5) is 0.188. The van der Waals surface area contributed by atoms with Crippen LogP contribution in [0.5, 0.6) is 0 Å². The Labute approximate surface area is 136 Å². The van der Waals surface area contributed by atoms with E-state index in [1.54, 1.807) is 30.3 Å². The molecule has 1 heterocycles. The Hall–Kier alpha value is -1.70. The van der Waals surface area contributed by atoms with Gasteiger partial charge in [0.1, 0.15) is 0 Å². The van der Waals surface area contributed by atoms with E-state index in [2.05, 4.69) is 9.88 Å². The van der Waals surface area contributed by atoms with Gasteiger partial charge in [-0.1, -0.05) is 30.1 Å². The van der Waals surface area contributed by atoms with Gasteiger partial charge in [-0.3, -0.25) is 0 Å². The van der Waals surface area contributed by atoms with Crippen molar-refractivity contribution in [2.45, 2.75) is 36.6 Å². The smallest absolute Gasteiger partial charge is 0.241 e. The zero-order valence-electron chi connectivity index (χ0n) is 12.8. The van der Waals surface area contributed by atoms with E-state index in [1.165, 1.54) is 6.20 Å². The lowest BCUT2D eigenvalue weighted by molar-refractivity contribution is 0.405. The molecule has 124 valence electrons. The summed E-state index contributed by atoms with van der Waals surface area (Å²) in [6, 6.07) is 8.16. The van der Waals surface area contributed by atoms with Crippen LogP contribution in [0.3, 0.4) is 0 Å². The number of sulfonamides is 1. The fourth-order valence-electron chi connectivity index (χ4n) is 3.22. The van der Waals surface area contributed by atoms with Crippen LogP contribution in [0.1, 0.15) is 25.7 Å². The molecule has 0 amide bonds. The van der Waals surface area contributed by atoms with E-state index in [0.29, 0.717) is 23.8 Å². The van der Waals surface area contributed by atoms with Gasteiger partial charge in [0.15, 0.2) is 5.76 Å². The molecule has 6 nitrogen and oxygen atoms in total. The Morgan fingerprint density at radius 1 is 1.26 bits per heavy atom. The van der Waals surface area contributed by atoms with Gasteiger partial charge in [0.05, 0.1) is 11.1 Å². The van der Waals surface area contributed by atoms with E-state index >= 15 is 0 Å². The van der Waals surface area contributed by atoms with E-state index < -0.39 is 10.0 Å². The van der Waals surface area contributed by atoms with Crippen LogP contribution in [0, 0.1) is 5.92 Å². The van der Waals surface area contributed by atoms with Crippen molar-refractivity contribution in [3.8, 4) is 11.3 Å². The second-order valence-electron chi connectivity index (χ2n) is 5.88. The molecular weight excluding hydrogens is 314 g/mol. The lowest BCUT2D eigenvalue weighted by Crippen LogP contribution is -2.44. The van der Waals surface area contributed by atoms with Gasteiger partial charge < -0.3 is 10.3 Å². The minimum Gasteiger partial charge on any atom is -0.356 e. The molecule has 3 N–H and O–H groups in total. The number of hydrogen-bond donors (Lipinski definition) is 2. The lowest BCUT2D eigenvalue weighted by Gasteiger charge is -2.23. The van der Waals surface area contributed by atoms with Crippen LogP contribution >= 0.6 is 0 Å². The minimum atomic E-state index is -3.68. The van der Waals surface area contributed by atoms with Crippen LogP contribution in [0.2, 0.25) is 0 Å². The molecule has 3 rings (SSSR count). The minimum absolute atomic E-state index is 0.188. The summed E-state index contributed by atoms with van der Waals surface area (Å²) in [5.41, 5.74) is 6.31. The van der Waals surface area contributed by atoms with Crippen molar-refractivity contribution in [2.24, 2.45) is 11.7 Å². The van der Waals surface area contributed by atoms with Gasteiger partial charge in [-0.15, -0.1) is 0 Å². The van der Waals surface area contributed by atoms with E-state index in [0.717, 1.165) is 25.7 Å². The van der Waals surface area contributed by atoms with Gasteiger partial charge in [-0.25, -0.2) is 13.1 Å². The molecule has 1 atom stereocenters. The number of nitrogens with zero attached hydrogens (tertiary/aromatic N) is 1. The summed E-state index contributed by atoms with van der Waals surface area (Å²) in [6.45, 7) is 0.300. The van der Waals surface area contributed by atoms with Gasteiger partial charge in [-0.05, 0) is 30.9 Å². The maximum Gasteiger partial charge on any atom is 0.241 e. The van der Waals surface area contributed by atoms with Crippen molar-refractivity contribution < 1.29 is 12.9 Å². The summed E-state index contributed by atoms with van der Waals surface area (Å²) in [6.07, 6.45) is 5.81. The molecule has 2 aromatic rings. The molecule has 1 saturated carbocycles. The van der Waals surface area contributed by atoms with E-state index in [4.69, 9.17) is 10.3 Å². The standard InChI is InChI=1S/C16H21N3O3S/c17-11-14(12-5-1-2-6-12)19-23(20,21)16-8-4-3-7-13(16)15-9-10-18-22-15/h3-4,7-10,12,14,19H,1-2,5-6,11,17H2. The van der Waals surface area contributed by atoms with Crippen LogP contribution in [-0.4, -0.2) is 26.2 Å². The summed E-state index contributed by atoms with van der Waals surface area (Å²) < 4.78 is 33.6. The van der Waals surface area contributed by atoms with Gasteiger partial charge >= 0.3 is 0 Å². The molecule has 0 spiro atoms. The third-order valence-electron chi connectivity index (χ3n) is 4.41. The Morgan fingerprint density at radius 3 is 2.65 bits per heavy atom. The monoisotopic (exact) mass is 335 g/mol. The average Bonchev–Trinajstić information content (AvgIpc) is 3.26. The summed E-state index contributed by atoms with van der Waals surface area (Å²) in [7, 11) is -3.68. The van der Waals surface area contributed by atoms with Crippen molar-refractivity contribution in [2.75, 3.05) is 6.54 Å². The maximum absolute atomic E-state index is 12.8. The quantitative estimate of drug-likeness (QED) is 0.843. The first kappa shape index (κ1) is 16.2. The molecule has 0 aliphatic heterocycles. The average molecular weight is 335 g/mol. The Bertz CT molecular complexity index is 738. The normalized spacial score (nSPS) is 17.4. The predicted molar refractivity (Wildman–Crippen MR) is 87.1 cm³/mol. The molecule has 1 aromatic heterocycles. The number of nitrogens with one attached hydrogen (secondary N) is 1. The molecule has 7 heteroatoms. The summed E-state index contributed by atoms with van der Waals surface area (Å²) >= 11 is 0. The fraction of sp³-hybridized carbons (Fsp3) is 0.438. The molecule has 1 fully saturated rings. The largest absolute Gasteiger partial charge is 0.356 e. The first-order valence-electron chi connectivity index (χ1n) is 7.84. The van der Waals surface area contributed by atoms with E-state index in [-0.39, 0.29) is 10.9 Å². The molecule has 23 heavy (non-hydrogen) atoms. The van der Waals surface area contributed by atoms with Crippen LogP contribution in [0.4, 0.5) is 0 Å². The van der Waals surface area contributed by atoms with Gasteiger partial charge in [-0.2, -0.15) is 0 Å². The van der Waals surface area contributed by atoms with Crippen LogP contribution in [0.25, 0.3) is 11.3 Å². The van der Waals surface area contributed by atoms with Gasteiger partial charge in [0.25, 0.3) is 0 Å². The topological polar surface area (TPSA) is 98.2 Å². The molecule has 1 unspecified atom stereocenters. The number of hydrogen-bond acceptors (Lipinski definition) is 5. The molecule has 1 aliphatic carbocycles. The number of nitrogens with two attached hydrogens (primary N) is 1. The summed E-state index contributed by atoms with van der Waals surface area (Å²) in [5, 5.41) is 3.65. The summed E-state index contributed by atoms with van der Waals surface area (Å²) in [5.74, 6) is 0.739. The molecule has 1 aliphatic rings. The molecule has 1 aromatic carbocycles. The van der Waals surface area contributed by atoms with Crippen molar-refractivity contribution in [1.82, 2.24) is 9.88 Å². The number of benzene rings is 1. The first-order valence-corrected chi connectivity index (χ1v) is 9.32. The molecule has 0 bridgehead atoms. The zero-order valence-corrected chi connectivity index (χ0v) is 13.6. The van der Waals surface area contributed by atoms with E-state index in [9.17, 15) is 8.42 Å². The molecular formula is C16H21N3O3S. The van der Waals surface area contributed by atoms with Crippen molar-refractivity contribution >= 4 is 10.0 Å². The molecule has 0 radical (unpaired) electrons. The zero-order chi connectivity index (χ0) is 16.3. The number of rotatable bonds is 6.